The van der Waals surface area contributed by atoms with Crippen LogP contribution in [0.3, 0.4) is 0 Å². The molecular formula is C19H27NO4. The van der Waals surface area contributed by atoms with E-state index in [0.717, 1.165) is 62.6 Å². The van der Waals surface area contributed by atoms with E-state index in [2.05, 4.69) is 0 Å². The Morgan fingerprint density at radius 2 is 2.08 bits per heavy atom. The van der Waals surface area contributed by atoms with Crippen molar-refractivity contribution in [2.75, 3.05) is 40.5 Å². The third kappa shape index (κ3) is 3.83. The van der Waals surface area contributed by atoms with Gasteiger partial charge in [0.1, 0.15) is 11.5 Å². The molecule has 2 saturated heterocycles. The van der Waals surface area contributed by atoms with E-state index in [1.807, 2.05) is 23.1 Å². The molecule has 0 radical (unpaired) electrons. The molecule has 2 aliphatic rings. The second kappa shape index (κ2) is 7.88. The molecule has 0 spiro atoms. The summed E-state index contributed by atoms with van der Waals surface area (Å²) < 4.78 is 16.1. The lowest BCUT2D eigenvalue weighted by molar-refractivity contribution is -0.139. The van der Waals surface area contributed by atoms with Crippen LogP contribution in [0.1, 0.15) is 24.8 Å². The van der Waals surface area contributed by atoms with Gasteiger partial charge >= 0.3 is 0 Å². The maximum atomic E-state index is 12.3. The van der Waals surface area contributed by atoms with Crippen LogP contribution in [-0.4, -0.2) is 51.3 Å². The minimum absolute atomic E-state index is 0.276. The maximum Gasteiger partial charge on any atom is 0.222 e. The molecule has 0 bridgehead atoms. The van der Waals surface area contributed by atoms with Crippen molar-refractivity contribution in [1.29, 1.82) is 0 Å². The lowest BCUT2D eigenvalue weighted by Gasteiger charge is -2.42. The second-order valence-corrected chi connectivity index (χ2v) is 6.71. The number of hydrogen-bond donors (Lipinski definition) is 0. The molecule has 1 atom stereocenters. The number of methoxy groups -OCH3 is 2. The molecular weight excluding hydrogens is 306 g/mol. The van der Waals surface area contributed by atoms with Crippen LogP contribution >= 0.6 is 0 Å². The summed E-state index contributed by atoms with van der Waals surface area (Å²) >= 11 is 0. The number of rotatable bonds is 7. The van der Waals surface area contributed by atoms with E-state index in [9.17, 15) is 4.79 Å². The number of nitrogens with zero attached hydrogens (tertiary/aromatic N) is 1. The molecule has 2 fully saturated rings. The fourth-order valence-electron chi connectivity index (χ4n) is 3.59. The Hall–Kier alpha value is -1.75. The average molecular weight is 333 g/mol. The Labute approximate surface area is 143 Å². The lowest BCUT2D eigenvalue weighted by atomic mass is 9.85. The highest BCUT2D eigenvalue weighted by Crippen LogP contribution is 2.31. The number of likely N-dealkylation sites (tertiary alicyclic amines) is 1. The van der Waals surface area contributed by atoms with Gasteiger partial charge in [-0.2, -0.15) is 0 Å². The molecule has 5 heteroatoms. The van der Waals surface area contributed by atoms with Crippen molar-refractivity contribution in [2.24, 2.45) is 11.8 Å². The highest BCUT2D eigenvalue weighted by molar-refractivity contribution is 5.77. The molecule has 0 N–H and O–H groups in total. The molecule has 132 valence electrons. The predicted molar refractivity (Wildman–Crippen MR) is 91.5 cm³/mol. The van der Waals surface area contributed by atoms with Gasteiger partial charge < -0.3 is 19.1 Å². The highest BCUT2D eigenvalue weighted by Gasteiger charge is 2.37. The van der Waals surface area contributed by atoms with Crippen LogP contribution in [0.5, 0.6) is 11.5 Å². The van der Waals surface area contributed by atoms with Gasteiger partial charge in [-0.25, -0.2) is 0 Å². The third-order valence-electron chi connectivity index (χ3n) is 5.23. The Balaban J connectivity index is 1.41. The van der Waals surface area contributed by atoms with Crippen LogP contribution < -0.4 is 9.47 Å². The van der Waals surface area contributed by atoms with Crippen LogP contribution in [0, 0.1) is 11.8 Å². The van der Waals surface area contributed by atoms with Gasteiger partial charge in [0, 0.05) is 38.8 Å². The molecule has 5 nitrogen and oxygen atoms in total. The number of aryl methyl sites for hydroxylation is 1. The smallest absolute Gasteiger partial charge is 0.222 e. The van der Waals surface area contributed by atoms with E-state index in [1.54, 1.807) is 14.2 Å². The van der Waals surface area contributed by atoms with E-state index in [1.165, 1.54) is 0 Å². The van der Waals surface area contributed by atoms with E-state index >= 15 is 0 Å². The van der Waals surface area contributed by atoms with Gasteiger partial charge in [0.15, 0.2) is 0 Å². The fraction of sp³-hybridized carbons (Fsp3) is 0.632. The van der Waals surface area contributed by atoms with Crippen LogP contribution in [0.15, 0.2) is 18.2 Å². The summed E-state index contributed by atoms with van der Waals surface area (Å²) in [5.41, 5.74) is 1.12. The Morgan fingerprint density at radius 3 is 2.75 bits per heavy atom. The monoisotopic (exact) mass is 333 g/mol. The van der Waals surface area contributed by atoms with Crippen molar-refractivity contribution < 1.29 is 19.0 Å². The van der Waals surface area contributed by atoms with Crippen molar-refractivity contribution in [1.82, 2.24) is 4.90 Å². The largest absolute Gasteiger partial charge is 0.497 e. The Morgan fingerprint density at radius 1 is 1.25 bits per heavy atom. The molecule has 0 aliphatic carbocycles. The van der Waals surface area contributed by atoms with Gasteiger partial charge in [-0.1, -0.05) is 6.07 Å². The highest BCUT2D eigenvalue weighted by atomic mass is 16.5. The van der Waals surface area contributed by atoms with Crippen LogP contribution in [-0.2, 0) is 16.0 Å². The number of benzene rings is 1. The fourth-order valence-corrected chi connectivity index (χ4v) is 3.59. The van der Waals surface area contributed by atoms with Gasteiger partial charge in [-0.3, -0.25) is 4.79 Å². The Kier molecular flexibility index (Phi) is 5.61. The molecule has 24 heavy (non-hydrogen) atoms. The first-order chi connectivity index (χ1) is 11.7. The quantitative estimate of drug-likeness (QED) is 0.769. The van der Waals surface area contributed by atoms with Gasteiger partial charge in [-0.15, -0.1) is 0 Å². The van der Waals surface area contributed by atoms with Crippen molar-refractivity contribution in [2.45, 2.75) is 25.7 Å². The second-order valence-electron chi connectivity index (χ2n) is 6.71. The molecule has 0 aromatic heterocycles. The normalized spacial score (nSPS) is 20.8. The van der Waals surface area contributed by atoms with E-state index in [4.69, 9.17) is 14.2 Å². The van der Waals surface area contributed by atoms with Crippen LogP contribution in [0.2, 0.25) is 0 Å². The zero-order chi connectivity index (χ0) is 16.9. The summed E-state index contributed by atoms with van der Waals surface area (Å²) in [6.45, 7) is 3.60. The number of hydrogen-bond acceptors (Lipinski definition) is 4. The third-order valence-corrected chi connectivity index (χ3v) is 5.23. The molecule has 2 aliphatic heterocycles. The molecule has 3 rings (SSSR count). The van der Waals surface area contributed by atoms with E-state index in [-0.39, 0.29) is 5.91 Å². The number of carbonyl (C=O) groups is 1. The number of amides is 1. The van der Waals surface area contributed by atoms with Crippen molar-refractivity contribution in [3.8, 4) is 11.5 Å². The lowest BCUT2D eigenvalue weighted by Crippen LogP contribution is -2.52. The average Bonchev–Trinajstić information content (AvgIpc) is 3.07. The van der Waals surface area contributed by atoms with E-state index < -0.39 is 0 Å². The van der Waals surface area contributed by atoms with Crippen molar-refractivity contribution >= 4 is 5.91 Å². The first kappa shape index (κ1) is 17.1. The van der Waals surface area contributed by atoms with Gasteiger partial charge in [0.2, 0.25) is 5.91 Å². The minimum Gasteiger partial charge on any atom is -0.497 e. The zero-order valence-corrected chi connectivity index (χ0v) is 14.6. The van der Waals surface area contributed by atoms with Gasteiger partial charge in [-0.05, 0) is 42.7 Å². The van der Waals surface area contributed by atoms with Gasteiger partial charge in [0.05, 0.1) is 14.2 Å². The van der Waals surface area contributed by atoms with Crippen molar-refractivity contribution in [3.63, 3.8) is 0 Å². The molecule has 1 amide bonds. The topological polar surface area (TPSA) is 48.0 Å². The summed E-state index contributed by atoms with van der Waals surface area (Å²) in [6, 6.07) is 5.84. The predicted octanol–water partition coefficient (Wildman–Crippen LogP) is 2.52. The molecule has 1 aromatic carbocycles. The summed E-state index contributed by atoms with van der Waals surface area (Å²) in [7, 11) is 3.31. The molecule has 1 aromatic rings. The SMILES string of the molecule is COc1ccc(CCCC(=O)N2CC(C3CCOC3)C2)c(OC)c1. The first-order valence-electron chi connectivity index (χ1n) is 8.77. The number of ether oxygens (including phenoxy) is 3. The maximum absolute atomic E-state index is 12.3. The molecule has 0 saturated carbocycles. The standard InChI is InChI=1S/C19H27NO4/c1-22-17-7-6-14(18(10-17)23-2)4-3-5-19(21)20-11-16(12-20)15-8-9-24-13-15/h6-7,10,15-16H,3-5,8-9,11-13H2,1-2H3. The summed E-state index contributed by atoms with van der Waals surface area (Å²) in [4.78, 5) is 14.3. The van der Waals surface area contributed by atoms with Crippen molar-refractivity contribution in [3.05, 3.63) is 23.8 Å². The summed E-state index contributed by atoms with van der Waals surface area (Å²) in [5.74, 6) is 3.20. The zero-order valence-electron chi connectivity index (χ0n) is 14.6. The van der Waals surface area contributed by atoms with E-state index in [0.29, 0.717) is 18.3 Å². The van der Waals surface area contributed by atoms with Crippen LogP contribution in [0.25, 0.3) is 0 Å². The summed E-state index contributed by atoms with van der Waals surface area (Å²) in [6.07, 6.45) is 3.44. The van der Waals surface area contributed by atoms with Crippen LogP contribution in [0.4, 0.5) is 0 Å². The summed E-state index contributed by atoms with van der Waals surface area (Å²) in [5, 5.41) is 0. The van der Waals surface area contributed by atoms with Gasteiger partial charge in [0.25, 0.3) is 0 Å². The minimum atomic E-state index is 0.276. The first-order valence-corrected chi connectivity index (χ1v) is 8.77. The Bertz CT molecular complexity index is 562. The number of carbonyl (C=O) groups excluding carboxylic acids is 1. The molecule has 1 unspecified atom stereocenters. The molecule has 2 heterocycles.